The Balaban J connectivity index is 1.14. The standard InChI is InChI=1S/C24H28N6O3S/c1-33-23-3-2-18-24(29-23)17(4-7-25-18)20(31)13-30-8-5-15(6-9-30)26-11-16-10-19-21(12-27-16)34-14-22(32)28-19/h2-4,7,10,12,15,20,26,31H,5-6,8-9,11,13-14H2,1H3,(H,28,32)/t20-/m0/s1. The number of pyridine rings is 3. The molecular formula is C24H28N6O3S. The molecular weight excluding hydrogens is 452 g/mol. The quantitative estimate of drug-likeness (QED) is 0.469. The molecule has 0 aromatic carbocycles. The maximum absolute atomic E-state index is 11.6. The topological polar surface area (TPSA) is 113 Å². The van der Waals surface area contributed by atoms with E-state index >= 15 is 0 Å². The van der Waals surface area contributed by atoms with Gasteiger partial charge >= 0.3 is 0 Å². The van der Waals surface area contributed by atoms with Crippen LogP contribution in [0.4, 0.5) is 5.69 Å². The number of thioether (sulfide) groups is 1. The summed E-state index contributed by atoms with van der Waals surface area (Å²) >= 11 is 1.52. The Morgan fingerprint density at radius 1 is 1.29 bits per heavy atom. The first-order chi connectivity index (χ1) is 16.6. The van der Waals surface area contributed by atoms with Gasteiger partial charge in [0.1, 0.15) is 0 Å². The van der Waals surface area contributed by atoms with Crippen molar-refractivity contribution in [3.8, 4) is 5.88 Å². The second-order valence-corrected chi connectivity index (χ2v) is 9.62. The van der Waals surface area contributed by atoms with Gasteiger partial charge in [0.25, 0.3) is 0 Å². The summed E-state index contributed by atoms with van der Waals surface area (Å²) in [6.07, 6.45) is 4.89. The van der Waals surface area contributed by atoms with Crippen molar-refractivity contribution in [1.82, 2.24) is 25.2 Å². The molecule has 3 aromatic heterocycles. The zero-order chi connectivity index (χ0) is 23.5. The van der Waals surface area contributed by atoms with Gasteiger partial charge in [-0.25, -0.2) is 4.98 Å². The maximum Gasteiger partial charge on any atom is 0.234 e. The van der Waals surface area contributed by atoms with Crippen LogP contribution in [-0.2, 0) is 11.3 Å². The molecule has 3 aromatic rings. The summed E-state index contributed by atoms with van der Waals surface area (Å²) in [6.45, 7) is 3.02. The number of aliphatic hydroxyl groups excluding tert-OH is 1. The molecule has 5 rings (SSSR count). The number of carbonyl (C=O) groups excluding carboxylic acids is 1. The first-order valence-corrected chi connectivity index (χ1v) is 12.4. The van der Waals surface area contributed by atoms with E-state index in [0.717, 1.165) is 53.3 Å². The molecule has 2 aliphatic rings. The first kappa shape index (κ1) is 23.0. The molecule has 1 fully saturated rings. The minimum absolute atomic E-state index is 0.0341. The van der Waals surface area contributed by atoms with Gasteiger partial charge in [0.2, 0.25) is 11.8 Å². The van der Waals surface area contributed by atoms with Crippen LogP contribution in [0, 0.1) is 0 Å². The van der Waals surface area contributed by atoms with Gasteiger partial charge in [-0.15, -0.1) is 11.8 Å². The number of fused-ring (bicyclic) bond motifs is 2. The minimum atomic E-state index is -0.651. The summed E-state index contributed by atoms with van der Waals surface area (Å²) in [7, 11) is 1.58. The van der Waals surface area contributed by atoms with E-state index in [1.807, 2.05) is 24.4 Å². The summed E-state index contributed by atoms with van der Waals surface area (Å²) < 4.78 is 5.24. The minimum Gasteiger partial charge on any atom is -0.481 e. The Morgan fingerprint density at radius 3 is 2.97 bits per heavy atom. The summed E-state index contributed by atoms with van der Waals surface area (Å²) in [6, 6.07) is 7.82. The van der Waals surface area contributed by atoms with E-state index in [-0.39, 0.29) is 5.91 Å². The highest BCUT2D eigenvalue weighted by atomic mass is 32.2. The molecule has 1 atom stereocenters. The summed E-state index contributed by atoms with van der Waals surface area (Å²) in [4.78, 5) is 28.3. The van der Waals surface area contributed by atoms with Crippen molar-refractivity contribution in [1.29, 1.82) is 0 Å². The van der Waals surface area contributed by atoms with Gasteiger partial charge in [0.15, 0.2) is 0 Å². The lowest BCUT2D eigenvalue weighted by atomic mass is 10.0. The number of hydrogen-bond donors (Lipinski definition) is 3. The Hall–Kier alpha value is -2.79. The number of anilines is 1. The van der Waals surface area contributed by atoms with Gasteiger partial charge in [-0.3, -0.25) is 14.8 Å². The number of aromatic nitrogens is 3. The number of β-amino-alcohol motifs (C(OH)–C–C–N with tert-alkyl or cyclic N) is 1. The molecule has 1 saturated heterocycles. The predicted molar refractivity (Wildman–Crippen MR) is 131 cm³/mol. The number of likely N-dealkylation sites (tertiary alicyclic amines) is 1. The lowest BCUT2D eigenvalue weighted by Gasteiger charge is -2.33. The predicted octanol–water partition coefficient (Wildman–Crippen LogP) is 2.37. The van der Waals surface area contributed by atoms with Crippen molar-refractivity contribution in [2.24, 2.45) is 0 Å². The molecule has 0 radical (unpaired) electrons. The third kappa shape index (κ3) is 5.15. The van der Waals surface area contributed by atoms with E-state index in [4.69, 9.17) is 4.74 Å². The van der Waals surface area contributed by atoms with Crippen molar-refractivity contribution in [3.63, 3.8) is 0 Å². The molecule has 178 valence electrons. The lowest BCUT2D eigenvalue weighted by Crippen LogP contribution is -2.43. The number of nitrogens with zero attached hydrogens (tertiary/aromatic N) is 4. The molecule has 0 unspecified atom stereocenters. The van der Waals surface area contributed by atoms with Gasteiger partial charge in [-0.2, -0.15) is 0 Å². The smallest absolute Gasteiger partial charge is 0.234 e. The fourth-order valence-electron chi connectivity index (χ4n) is 4.45. The Kier molecular flexibility index (Phi) is 6.91. The van der Waals surface area contributed by atoms with Crippen LogP contribution in [-0.4, -0.2) is 69.4 Å². The number of carbonyl (C=O) groups is 1. The van der Waals surface area contributed by atoms with Crippen LogP contribution >= 0.6 is 11.8 Å². The monoisotopic (exact) mass is 480 g/mol. The molecule has 10 heteroatoms. The number of amides is 1. The average Bonchev–Trinajstić information content (AvgIpc) is 2.87. The van der Waals surface area contributed by atoms with Crippen molar-refractivity contribution in [3.05, 3.63) is 47.9 Å². The number of ether oxygens (including phenoxy) is 1. The normalized spacial score (nSPS) is 17.9. The highest BCUT2D eigenvalue weighted by molar-refractivity contribution is 8.00. The maximum atomic E-state index is 11.6. The molecule has 34 heavy (non-hydrogen) atoms. The van der Waals surface area contributed by atoms with Crippen molar-refractivity contribution in [2.45, 2.75) is 36.4 Å². The van der Waals surface area contributed by atoms with Crippen LogP contribution in [0.1, 0.15) is 30.2 Å². The molecule has 0 saturated carbocycles. The number of nitrogens with one attached hydrogen (secondary N) is 2. The van der Waals surface area contributed by atoms with Gasteiger partial charge in [-0.1, -0.05) is 0 Å². The third-order valence-electron chi connectivity index (χ3n) is 6.31. The van der Waals surface area contributed by atoms with E-state index in [0.29, 0.717) is 36.3 Å². The highest BCUT2D eigenvalue weighted by Gasteiger charge is 2.23. The van der Waals surface area contributed by atoms with E-state index in [2.05, 4.69) is 30.5 Å². The lowest BCUT2D eigenvalue weighted by molar-refractivity contribution is -0.113. The molecule has 5 heterocycles. The fourth-order valence-corrected chi connectivity index (χ4v) is 5.20. The van der Waals surface area contributed by atoms with Crippen LogP contribution in [0.2, 0.25) is 0 Å². The largest absolute Gasteiger partial charge is 0.481 e. The second kappa shape index (κ2) is 10.2. The Bertz CT molecular complexity index is 1180. The molecule has 0 spiro atoms. The number of methoxy groups -OCH3 is 1. The Morgan fingerprint density at radius 2 is 2.15 bits per heavy atom. The van der Waals surface area contributed by atoms with Crippen molar-refractivity contribution in [2.75, 3.05) is 37.8 Å². The number of aliphatic hydroxyl groups is 1. The summed E-state index contributed by atoms with van der Waals surface area (Å²) in [5, 5.41) is 17.5. The SMILES string of the molecule is COc1ccc2nccc([C@@H](O)CN3CCC(NCc4cc5c(cn4)SCC(=O)N5)CC3)c2n1. The van der Waals surface area contributed by atoms with Gasteiger partial charge in [-0.05, 0) is 44.1 Å². The van der Waals surface area contributed by atoms with Crippen molar-refractivity contribution >= 4 is 34.4 Å². The van der Waals surface area contributed by atoms with Crippen LogP contribution in [0.3, 0.4) is 0 Å². The summed E-state index contributed by atoms with van der Waals surface area (Å²) in [5.74, 6) is 0.990. The summed E-state index contributed by atoms with van der Waals surface area (Å²) in [5.41, 5.74) is 3.97. The molecule has 2 aliphatic heterocycles. The highest BCUT2D eigenvalue weighted by Crippen LogP contribution is 2.31. The van der Waals surface area contributed by atoms with Crippen LogP contribution in [0.25, 0.3) is 11.0 Å². The number of rotatable bonds is 7. The Labute approximate surface area is 202 Å². The molecule has 0 aliphatic carbocycles. The fraction of sp³-hybridized carbons (Fsp3) is 0.417. The van der Waals surface area contributed by atoms with Gasteiger partial charge in [0, 0.05) is 48.1 Å². The molecule has 9 nitrogen and oxygen atoms in total. The van der Waals surface area contributed by atoms with E-state index in [1.165, 1.54) is 11.8 Å². The van der Waals surface area contributed by atoms with Crippen LogP contribution in [0.5, 0.6) is 5.88 Å². The zero-order valence-electron chi connectivity index (χ0n) is 19.0. The zero-order valence-corrected chi connectivity index (χ0v) is 19.8. The van der Waals surface area contributed by atoms with E-state index < -0.39 is 6.10 Å². The third-order valence-corrected chi connectivity index (χ3v) is 7.35. The molecule has 3 N–H and O–H groups in total. The molecule has 0 bridgehead atoms. The van der Waals surface area contributed by atoms with Crippen molar-refractivity contribution < 1.29 is 14.6 Å². The van der Waals surface area contributed by atoms with E-state index in [9.17, 15) is 9.90 Å². The molecule has 1 amide bonds. The van der Waals surface area contributed by atoms with Crippen LogP contribution < -0.4 is 15.4 Å². The number of piperidine rings is 1. The second-order valence-electron chi connectivity index (χ2n) is 8.60. The first-order valence-electron chi connectivity index (χ1n) is 11.4. The average molecular weight is 481 g/mol. The van der Waals surface area contributed by atoms with E-state index in [1.54, 1.807) is 19.4 Å². The number of hydrogen-bond acceptors (Lipinski definition) is 9. The van der Waals surface area contributed by atoms with Gasteiger partial charge < -0.3 is 25.4 Å². The van der Waals surface area contributed by atoms with Gasteiger partial charge in [0.05, 0.1) is 41.4 Å². The van der Waals surface area contributed by atoms with Crippen LogP contribution in [0.15, 0.2) is 41.6 Å².